The van der Waals surface area contributed by atoms with E-state index in [0.717, 1.165) is 16.4 Å². The van der Waals surface area contributed by atoms with E-state index in [9.17, 15) is 4.79 Å². The first-order valence-electron chi connectivity index (χ1n) is 4.03. The summed E-state index contributed by atoms with van der Waals surface area (Å²) >= 11 is 6.68. The second-order valence-electron chi connectivity index (χ2n) is 2.98. The zero-order valence-corrected chi connectivity index (χ0v) is 14.4. The van der Waals surface area contributed by atoms with Crippen molar-refractivity contribution in [1.29, 1.82) is 0 Å². The first-order valence-corrected chi connectivity index (χ1v) is 7.27. The molecule has 0 bridgehead atoms. The summed E-state index contributed by atoms with van der Waals surface area (Å²) < 4.78 is 3.24. The monoisotopic (exact) mass is 539 g/mol. The highest BCUT2D eigenvalue weighted by Gasteiger charge is 2.10. The molecule has 0 aliphatic carbocycles. The van der Waals surface area contributed by atoms with E-state index in [1.165, 1.54) is 0 Å². The first-order chi connectivity index (χ1) is 6.91. The van der Waals surface area contributed by atoms with Crippen molar-refractivity contribution >= 4 is 79.4 Å². The van der Waals surface area contributed by atoms with Crippen LogP contribution in [0.2, 0.25) is 0 Å². The summed E-state index contributed by atoms with van der Waals surface area (Å²) in [4.78, 5) is 11.5. The lowest BCUT2D eigenvalue weighted by Gasteiger charge is -2.10. The van der Waals surface area contributed by atoms with E-state index in [0.29, 0.717) is 5.57 Å². The van der Waals surface area contributed by atoms with Gasteiger partial charge in [0.1, 0.15) is 0 Å². The molecule has 1 amide bonds. The summed E-state index contributed by atoms with van der Waals surface area (Å²) in [7, 11) is 0. The third-order valence-corrected chi connectivity index (χ3v) is 3.96. The van der Waals surface area contributed by atoms with E-state index in [4.69, 9.17) is 0 Å². The van der Waals surface area contributed by atoms with E-state index in [-0.39, 0.29) is 5.91 Å². The van der Waals surface area contributed by atoms with Crippen molar-refractivity contribution < 1.29 is 4.79 Å². The molecule has 80 valence electrons. The number of hydrogen-bond acceptors (Lipinski definition) is 1. The number of nitrogens with one attached hydrogen (secondary N) is 1. The van der Waals surface area contributed by atoms with Gasteiger partial charge >= 0.3 is 0 Å². The highest BCUT2D eigenvalue weighted by Crippen LogP contribution is 2.27. The predicted octanol–water partition coefficient (Wildman–Crippen LogP) is 4.02. The maximum absolute atomic E-state index is 11.5. The largest absolute Gasteiger partial charge is 0.320 e. The standard InChI is InChI=1S/C10H8I3NO/c1-5(2)10(15)14-9-7(12)3-6(11)4-8(9)13/h3-4H,1H2,2H3,(H,14,15). The van der Waals surface area contributed by atoms with Crippen molar-refractivity contribution in [2.45, 2.75) is 6.92 Å². The minimum absolute atomic E-state index is 0.132. The van der Waals surface area contributed by atoms with Crippen molar-refractivity contribution in [3.8, 4) is 0 Å². The summed E-state index contributed by atoms with van der Waals surface area (Å²) in [6.07, 6.45) is 0. The Kier molecular flexibility index (Phi) is 5.29. The van der Waals surface area contributed by atoms with Gasteiger partial charge in [-0.25, -0.2) is 0 Å². The number of halogens is 3. The number of rotatable bonds is 2. The van der Waals surface area contributed by atoms with Gasteiger partial charge in [0, 0.05) is 16.3 Å². The average molecular weight is 539 g/mol. The van der Waals surface area contributed by atoms with Gasteiger partial charge in [0.25, 0.3) is 5.91 Å². The van der Waals surface area contributed by atoms with Gasteiger partial charge in [0.05, 0.1) is 5.69 Å². The predicted molar refractivity (Wildman–Crippen MR) is 88.0 cm³/mol. The number of carbonyl (C=O) groups excluding carboxylic acids is 1. The molecule has 0 saturated carbocycles. The van der Waals surface area contributed by atoms with Crippen LogP contribution in [0.3, 0.4) is 0 Å². The van der Waals surface area contributed by atoms with Crippen LogP contribution in [-0.2, 0) is 4.79 Å². The molecule has 1 aromatic rings. The number of amides is 1. The molecule has 0 saturated heterocycles. The summed E-state index contributed by atoms with van der Waals surface area (Å²) in [5.41, 5.74) is 1.38. The quantitative estimate of drug-likeness (QED) is 0.447. The zero-order chi connectivity index (χ0) is 11.6. The average Bonchev–Trinajstić information content (AvgIpc) is 2.10. The maximum atomic E-state index is 11.5. The summed E-state index contributed by atoms with van der Waals surface area (Å²) in [5.74, 6) is -0.132. The van der Waals surface area contributed by atoms with E-state index >= 15 is 0 Å². The second-order valence-corrected chi connectivity index (χ2v) is 6.55. The van der Waals surface area contributed by atoms with Crippen molar-refractivity contribution in [3.63, 3.8) is 0 Å². The van der Waals surface area contributed by atoms with Crippen LogP contribution < -0.4 is 5.32 Å². The molecule has 0 aliphatic rings. The molecule has 0 unspecified atom stereocenters. The van der Waals surface area contributed by atoms with Crippen LogP contribution in [0, 0.1) is 10.7 Å². The van der Waals surface area contributed by atoms with Crippen LogP contribution in [0.1, 0.15) is 6.92 Å². The molecule has 0 aromatic heterocycles. The summed E-state index contributed by atoms with van der Waals surface area (Å²) in [6, 6.07) is 4.05. The molecular weight excluding hydrogens is 531 g/mol. The van der Waals surface area contributed by atoms with Crippen molar-refractivity contribution in [2.75, 3.05) is 5.32 Å². The van der Waals surface area contributed by atoms with E-state index in [2.05, 4.69) is 79.7 Å². The Morgan fingerprint density at radius 1 is 1.27 bits per heavy atom. The Morgan fingerprint density at radius 3 is 2.13 bits per heavy atom. The highest BCUT2D eigenvalue weighted by molar-refractivity contribution is 14.1. The molecule has 5 heteroatoms. The van der Waals surface area contributed by atoms with Gasteiger partial charge in [-0.2, -0.15) is 0 Å². The molecule has 0 spiro atoms. The molecular formula is C10H8I3NO. The Balaban J connectivity index is 3.05. The molecule has 1 aromatic carbocycles. The van der Waals surface area contributed by atoms with Crippen LogP contribution >= 0.6 is 67.8 Å². The third-order valence-electron chi connectivity index (χ3n) is 1.63. The van der Waals surface area contributed by atoms with Gasteiger partial charge in [-0.1, -0.05) is 6.58 Å². The second kappa shape index (κ2) is 5.80. The lowest BCUT2D eigenvalue weighted by Crippen LogP contribution is -2.14. The molecule has 0 heterocycles. The fourth-order valence-electron chi connectivity index (χ4n) is 0.882. The van der Waals surface area contributed by atoms with Gasteiger partial charge in [0.15, 0.2) is 0 Å². The molecule has 0 aliphatic heterocycles. The summed E-state index contributed by atoms with van der Waals surface area (Å²) in [5, 5.41) is 2.85. The first kappa shape index (κ1) is 13.7. The van der Waals surface area contributed by atoms with E-state index < -0.39 is 0 Å². The number of hydrogen-bond donors (Lipinski definition) is 1. The van der Waals surface area contributed by atoms with E-state index in [1.54, 1.807) is 6.92 Å². The van der Waals surface area contributed by atoms with Crippen LogP contribution in [0.25, 0.3) is 0 Å². The smallest absolute Gasteiger partial charge is 0.250 e. The fourth-order valence-corrected chi connectivity index (χ4v) is 4.73. The number of anilines is 1. The Morgan fingerprint density at radius 2 is 1.73 bits per heavy atom. The lowest BCUT2D eigenvalue weighted by molar-refractivity contribution is -0.112. The van der Waals surface area contributed by atoms with Gasteiger partial charge in [0.2, 0.25) is 0 Å². The SMILES string of the molecule is C=C(C)C(=O)Nc1c(I)cc(I)cc1I. The molecule has 0 fully saturated rings. The zero-order valence-electron chi connectivity index (χ0n) is 7.90. The van der Waals surface area contributed by atoms with Crippen molar-refractivity contribution in [2.24, 2.45) is 0 Å². The molecule has 0 radical (unpaired) electrons. The highest BCUT2D eigenvalue weighted by atomic mass is 127. The van der Waals surface area contributed by atoms with Gasteiger partial charge in [-0.3, -0.25) is 4.79 Å². The Bertz CT molecular complexity index is 406. The molecule has 2 nitrogen and oxygen atoms in total. The normalized spacial score (nSPS) is 9.87. The molecule has 0 atom stereocenters. The van der Waals surface area contributed by atoms with Gasteiger partial charge < -0.3 is 5.32 Å². The molecule has 1 rings (SSSR count). The Labute approximate surface area is 130 Å². The maximum Gasteiger partial charge on any atom is 0.250 e. The van der Waals surface area contributed by atoms with Crippen LogP contribution in [-0.4, -0.2) is 5.91 Å². The van der Waals surface area contributed by atoms with Crippen molar-refractivity contribution in [1.82, 2.24) is 0 Å². The van der Waals surface area contributed by atoms with E-state index in [1.807, 2.05) is 12.1 Å². The third kappa shape index (κ3) is 3.84. The summed E-state index contributed by atoms with van der Waals surface area (Å²) in [6.45, 7) is 5.31. The lowest BCUT2D eigenvalue weighted by atomic mass is 10.3. The molecule has 1 N–H and O–H groups in total. The molecule has 15 heavy (non-hydrogen) atoms. The number of benzene rings is 1. The van der Waals surface area contributed by atoms with Crippen LogP contribution in [0.5, 0.6) is 0 Å². The van der Waals surface area contributed by atoms with Crippen LogP contribution in [0.4, 0.5) is 5.69 Å². The van der Waals surface area contributed by atoms with Gasteiger partial charge in [-0.15, -0.1) is 0 Å². The topological polar surface area (TPSA) is 29.1 Å². The Hall–Kier alpha value is 0.620. The number of carbonyl (C=O) groups is 1. The van der Waals surface area contributed by atoms with Gasteiger partial charge in [-0.05, 0) is 86.8 Å². The van der Waals surface area contributed by atoms with Crippen LogP contribution in [0.15, 0.2) is 24.3 Å². The minimum atomic E-state index is -0.132. The fraction of sp³-hybridized carbons (Fsp3) is 0.100. The minimum Gasteiger partial charge on any atom is -0.320 e. The van der Waals surface area contributed by atoms with Crippen molar-refractivity contribution in [3.05, 3.63) is 35.0 Å².